The molecule has 20 rings (SSSR count). The van der Waals surface area contributed by atoms with Gasteiger partial charge < -0.3 is 44.7 Å². The second-order valence-electron chi connectivity index (χ2n) is 29.8. The molecule has 5 aliphatic rings. The van der Waals surface area contributed by atoms with E-state index in [1.165, 1.54) is 42.1 Å². The molecule has 0 unspecified atom stereocenters. The van der Waals surface area contributed by atoms with Gasteiger partial charge in [0, 0.05) is 221 Å². The normalized spacial score (nSPS) is 16.6. The van der Waals surface area contributed by atoms with Crippen LogP contribution < -0.4 is 29.4 Å². The van der Waals surface area contributed by atoms with Crippen LogP contribution >= 0.6 is 11.8 Å². The summed E-state index contributed by atoms with van der Waals surface area (Å²) in [6.45, 7) is 11.2. The van der Waals surface area contributed by atoms with Gasteiger partial charge in [-0.15, -0.1) is 0 Å². The first-order valence-electron chi connectivity index (χ1n) is 38.6. The first kappa shape index (κ1) is 74.6. The van der Waals surface area contributed by atoms with Gasteiger partial charge in [0.1, 0.15) is 64.2 Å². The Kier molecular flexibility index (Phi) is 20.3. The molecule has 590 valence electrons. The van der Waals surface area contributed by atoms with Gasteiger partial charge in [0.05, 0.1) is 31.2 Å². The van der Waals surface area contributed by atoms with Crippen molar-refractivity contribution < 1.29 is 28.5 Å². The van der Waals surface area contributed by atoms with Crippen LogP contribution in [0, 0.1) is 29.3 Å². The van der Waals surface area contributed by atoms with E-state index >= 15 is 0 Å². The predicted molar refractivity (Wildman–Crippen MR) is 430 cm³/mol. The van der Waals surface area contributed by atoms with Crippen molar-refractivity contribution in [3.63, 3.8) is 0 Å². The smallest absolute Gasteiger partial charge is 0.225 e. The minimum Gasteiger partial charge on any atom is -0.391 e. The van der Waals surface area contributed by atoms with E-state index in [1.807, 2.05) is 83.3 Å². The maximum atomic E-state index is 14.0. The number of aliphatic hydroxyl groups excluding tert-OH is 1. The van der Waals surface area contributed by atoms with Gasteiger partial charge in [-0.3, -0.25) is 14.0 Å². The molecule has 3 N–H and O–H groups in total. The van der Waals surface area contributed by atoms with Crippen LogP contribution in [0.15, 0.2) is 213 Å². The van der Waals surface area contributed by atoms with E-state index in [0.717, 1.165) is 177 Å². The van der Waals surface area contributed by atoms with Crippen molar-refractivity contribution in [2.75, 3.05) is 108 Å². The van der Waals surface area contributed by atoms with Crippen molar-refractivity contribution in [2.24, 2.45) is 25.9 Å². The summed E-state index contributed by atoms with van der Waals surface area (Å²) in [5.74, 6) is 3.85. The summed E-state index contributed by atoms with van der Waals surface area (Å²) in [4.78, 5) is 56.0. The number of hydrogen-bond acceptors (Lipinski definition) is 25. The lowest BCUT2D eigenvalue weighted by Gasteiger charge is -2.35. The minimum atomic E-state index is -1.21. The average molecular weight is 1580 g/mol. The molecule has 34 heteroatoms. The van der Waals surface area contributed by atoms with Crippen LogP contribution in [0.3, 0.4) is 0 Å². The summed E-state index contributed by atoms with van der Waals surface area (Å²) in [5, 5.41) is 59.1. The van der Waals surface area contributed by atoms with Crippen LogP contribution in [0.5, 0.6) is 0 Å². The van der Waals surface area contributed by atoms with E-state index in [9.17, 15) is 28.5 Å². The molecule has 12 aromatic heterocycles. The fourth-order valence-electron chi connectivity index (χ4n) is 15.6. The van der Waals surface area contributed by atoms with Crippen LogP contribution in [-0.2, 0) is 31.8 Å². The molecule has 3 aromatic carbocycles. The highest BCUT2D eigenvalue weighted by Gasteiger charge is 2.48. The van der Waals surface area contributed by atoms with Gasteiger partial charge in [0.25, 0.3) is 0 Å². The SMILES string of the molecule is C[C@H](O)Cn1cc(-c2cc3c(N4CCN(c5ncc(Sc6ccccc6F)cn5)CC4)ncnn3c2)cn1.Cn1cc(-c2cc3c(N4CCN(c5ncc([C@@](O)(c6ccc(F)cc6)C6CC6)cn5)CC4)ncnn3c2)cn1.Cn1cc(-c2cc3c(N4CCN(c5ncc([C@](O)(c6ccc(F)cc6)C6CC6)cn5)CC4)ncnn3c2)cn1. The summed E-state index contributed by atoms with van der Waals surface area (Å²) in [6.07, 6.45) is 35.6. The third kappa shape index (κ3) is 15.4. The predicted octanol–water partition coefficient (Wildman–Crippen LogP) is 9.44. The molecule has 2 saturated carbocycles. The third-order valence-electron chi connectivity index (χ3n) is 22.0. The largest absolute Gasteiger partial charge is 0.391 e. The maximum Gasteiger partial charge on any atom is 0.225 e. The Morgan fingerprint density at radius 1 is 0.397 bits per heavy atom. The maximum absolute atomic E-state index is 14.0. The molecule has 116 heavy (non-hydrogen) atoms. The molecule has 15 heterocycles. The van der Waals surface area contributed by atoms with Gasteiger partial charge in [-0.2, -0.15) is 30.6 Å². The number of halogens is 3. The lowest BCUT2D eigenvalue weighted by molar-refractivity contribution is 0.0554. The molecule has 5 fully saturated rings. The molecule has 0 bridgehead atoms. The molecule has 2 aliphatic carbocycles. The number of anilines is 6. The lowest BCUT2D eigenvalue weighted by Crippen LogP contribution is -2.47. The van der Waals surface area contributed by atoms with E-state index in [0.29, 0.717) is 51.5 Å². The zero-order valence-corrected chi connectivity index (χ0v) is 64.6. The highest BCUT2D eigenvalue weighted by Crippen LogP contribution is 2.51. The van der Waals surface area contributed by atoms with Crippen molar-refractivity contribution in [3.05, 3.63) is 243 Å². The second kappa shape index (κ2) is 31.5. The standard InChI is InChI=1S/2C28H28FN9O.C26H26FN9OS/c2*1-35-16-20(13-33-35)19-12-25-26(32-18-34-38(25)17-19)36-8-10-37(11-9-36)27-30-14-23(15-31-27)28(39,21-2-3-21)22-4-6-24(29)7-5-22;1-18(37)14-35-15-20(11-31-35)19-10-23-25(30-17-32-36(23)16-19)33-6-8-34(9-7-33)26-28-12-21(13-29-26)38-24-5-3-2-4-22(24)27/h2*4-7,12-18,21,39H,2-3,8-11H2,1H3;2-5,10-13,15-18,37H,6-9,14H2,1H3/t2*28-;18-/m100/s1. The third-order valence-corrected chi connectivity index (χ3v) is 23.0. The van der Waals surface area contributed by atoms with Gasteiger partial charge in [-0.25, -0.2) is 71.6 Å². The molecule has 30 nitrogen and oxygen atoms in total. The van der Waals surface area contributed by atoms with Gasteiger partial charge in [0.2, 0.25) is 17.8 Å². The summed E-state index contributed by atoms with van der Waals surface area (Å²) in [6, 6.07) is 25.1. The Morgan fingerprint density at radius 3 is 1.10 bits per heavy atom. The number of fused-ring (bicyclic) bond motifs is 3. The van der Waals surface area contributed by atoms with Crippen LogP contribution in [0.25, 0.3) is 49.9 Å². The molecule has 0 spiro atoms. The number of rotatable bonds is 19. The van der Waals surface area contributed by atoms with Crippen LogP contribution in [0.2, 0.25) is 0 Å². The van der Waals surface area contributed by atoms with E-state index in [1.54, 1.807) is 120 Å². The summed E-state index contributed by atoms with van der Waals surface area (Å²) < 4.78 is 51.8. The van der Waals surface area contributed by atoms with Crippen molar-refractivity contribution >= 4 is 63.6 Å². The summed E-state index contributed by atoms with van der Waals surface area (Å²) >= 11 is 1.31. The fraction of sp³-hybridized carbons (Fsp3) is 0.305. The average Bonchev–Trinajstić information content (AvgIpc) is 1.59. The number of benzene rings is 3. The minimum absolute atomic E-state index is 0.0818. The first-order valence-corrected chi connectivity index (χ1v) is 39.4. The van der Waals surface area contributed by atoms with Gasteiger partial charge in [0.15, 0.2) is 17.5 Å². The number of aryl methyl sites for hydroxylation is 2. The quantitative estimate of drug-likeness (QED) is 0.0678. The molecule has 15 aromatic rings. The molecule has 3 saturated heterocycles. The second-order valence-corrected chi connectivity index (χ2v) is 31.0. The zero-order chi connectivity index (χ0) is 79.2. The molecule has 3 atom stereocenters. The molecule has 3 aliphatic heterocycles. The molecule has 0 amide bonds. The number of piperazine rings is 3. The Balaban J connectivity index is 0.000000120. The molecule has 0 radical (unpaired) electrons. The van der Waals surface area contributed by atoms with E-state index in [2.05, 4.69) is 123 Å². The zero-order valence-electron chi connectivity index (χ0n) is 63.8. The topological polar surface area (TPSA) is 302 Å². The summed E-state index contributed by atoms with van der Waals surface area (Å²) in [7, 11) is 3.81. The number of nitrogens with zero attached hydrogens (tertiary/aromatic N) is 27. The van der Waals surface area contributed by atoms with Crippen molar-refractivity contribution in [1.29, 1.82) is 0 Å². The van der Waals surface area contributed by atoms with Gasteiger partial charge >= 0.3 is 0 Å². The van der Waals surface area contributed by atoms with Crippen LogP contribution in [0.1, 0.15) is 54.9 Å². The van der Waals surface area contributed by atoms with Crippen LogP contribution in [-0.4, -0.2) is 203 Å². The fourth-order valence-corrected chi connectivity index (χ4v) is 16.3. The van der Waals surface area contributed by atoms with E-state index in [-0.39, 0.29) is 29.3 Å². The van der Waals surface area contributed by atoms with Crippen molar-refractivity contribution in [2.45, 2.75) is 66.2 Å². The van der Waals surface area contributed by atoms with E-state index < -0.39 is 17.3 Å². The van der Waals surface area contributed by atoms with Crippen LogP contribution in [0.4, 0.5) is 48.5 Å². The Bertz CT molecular complexity index is 5690. The van der Waals surface area contributed by atoms with Gasteiger partial charge in [-0.1, -0.05) is 48.2 Å². The lowest BCUT2D eigenvalue weighted by atomic mass is 9.83. The first-order chi connectivity index (χ1) is 56.5. The Hall–Kier alpha value is -12.8. The monoisotopic (exact) mass is 1580 g/mol. The molecular formula is C82H82F3N27O3S. The highest BCUT2D eigenvalue weighted by molar-refractivity contribution is 7.99. The van der Waals surface area contributed by atoms with E-state index in [4.69, 9.17) is 0 Å². The highest BCUT2D eigenvalue weighted by atomic mass is 32.2. The number of aliphatic hydroxyl groups is 3. The number of aromatic nitrogens is 21. The van der Waals surface area contributed by atoms with Crippen molar-refractivity contribution in [1.82, 2.24) is 103 Å². The molecular weight excluding hydrogens is 1500 g/mol. The van der Waals surface area contributed by atoms with Crippen molar-refractivity contribution in [3.8, 4) is 33.4 Å². The Labute approximate surface area is 667 Å². The summed E-state index contributed by atoms with van der Waals surface area (Å²) in [5.41, 5.74) is 9.12. The van der Waals surface area contributed by atoms with Gasteiger partial charge in [-0.05, 0) is 110 Å². The number of hydrogen-bond donors (Lipinski definition) is 3. The Morgan fingerprint density at radius 2 is 0.750 bits per heavy atom.